The van der Waals surface area contributed by atoms with Crippen LogP contribution in [0.25, 0.3) is 0 Å². The molecule has 0 aromatic carbocycles. The first-order chi connectivity index (χ1) is 7.56. The van der Waals surface area contributed by atoms with E-state index in [1.54, 1.807) is 0 Å². The van der Waals surface area contributed by atoms with Gasteiger partial charge in [-0.15, -0.1) is 0 Å². The third-order valence-corrected chi connectivity index (χ3v) is 4.11. The van der Waals surface area contributed by atoms with E-state index in [4.69, 9.17) is 4.74 Å². The minimum atomic E-state index is -0.767. The molecular weight excluding hydrogens is 208 g/mol. The van der Waals surface area contributed by atoms with Gasteiger partial charge in [0.25, 0.3) is 0 Å². The highest BCUT2D eigenvalue weighted by atomic mass is 16.5. The maximum absolute atomic E-state index is 11.4. The summed E-state index contributed by atoms with van der Waals surface area (Å²) in [5, 5.41) is 19.8. The lowest BCUT2D eigenvalue weighted by Crippen LogP contribution is -2.43. The summed E-state index contributed by atoms with van der Waals surface area (Å²) in [5.41, 5.74) is -1.49. The number of rotatable bonds is 3. The van der Waals surface area contributed by atoms with Gasteiger partial charge in [-0.25, -0.2) is 0 Å². The standard InChI is InChI=1S/C12H20O4/c13-10(14)11(5-7-16-8-6-11)9-12(15)3-1-2-4-12/h15H,1-9H2,(H,13,14). The number of carboxylic acids is 1. The first-order valence-corrected chi connectivity index (χ1v) is 6.10. The monoisotopic (exact) mass is 228 g/mol. The van der Waals surface area contributed by atoms with Crippen LogP contribution in [0.15, 0.2) is 0 Å². The molecule has 2 aliphatic rings. The molecule has 0 unspecified atom stereocenters. The zero-order valence-corrected chi connectivity index (χ0v) is 9.57. The zero-order chi connectivity index (χ0) is 11.6. The zero-order valence-electron chi connectivity index (χ0n) is 9.57. The van der Waals surface area contributed by atoms with E-state index in [-0.39, 0.29) is 0 Å². The molecule has 16 heavy (non-hydrogen) atoms. The Morgan fingerprint density at radius 1 is 1.12 bits per heavy atom. The van der Waals surface area contributed by atoms with Gasteiger partial charge in [0.05, 0.1) is 11.0 Å². The highest BCUT2D eigenvalue weighted by Gasteiger charge is 2.47. The maximum atomic E-state index is 11.4. The molecule has 1 aliphatic carbocycles. The fourth-order valence-corrected chi connectivity index (χ4v) is 3.07. The van der Waals surface area contributed by atoms with Crippen LogP contribution in [0.4, 0.5) is 0 Å². The first kappa shape index (κ1) is 11.9. The molecule has 1 aliphatic heterocycles. The SMILES string of the molecule is O=C(O)C1(CC2(O)CCCC2)CCOCC1. The minimum Gasteiger partial charge on any atom is -0.481 e. The van der Waals surface area contributed by atoms with Crippen molar-refractivity contribution in [2.45, 2.75) is 50.5 Å². The summed E-state index contributed by atoms with van der Waals surface area (Å²) >= 11 is 0. The molecule has 0 bridgehead atoms. The molecule has 2 rings (SSSR count). The van der Waals surface area contributed by atoms with Crippen molar-refractivity contribution in [3.05, 3.63) is 0 Å². The van der Waals surface area contributed by atoms with Crippen molar-refractivity contribution < 1.29 is 19.7 Å². The summed E-state index contributed by atoms with van der Waals surface area (Å²) in [4.78, 5) is 11.4. The topological polar surface area (TPSA) is 66.8 Å². The van der Waals surface area contributed by atoms with Gasteiger partial charge in [-0.3, -0.25) is 4.79 Å². The van der Waals surface area contributed by atoms with Crippen LogP contribution in [0, 0.1) is 5.41 Å². The van der Waals surface area contributed by atoms with Gasteiger partial charge in [0, 0.05) is 13.2 Å². The van der Waals surface area contributed by atoms with Gasteiger partial charge in [0.1, 0.15) is 0 Å². The molecule has 1 saturated heterocycles. The summed E-state index contributed by atoms with van der Waals surface area (Å²) in [5.74, 6) is -0.767. The van der Waals surface area contributed by atoms with Crippen LogP contribution in [-0.2, 0) is 9.53 Å². The van der Waals surface area contributed by atoms with Crippen molar-refractivity contribution in [2.75, 3.05) is 13.2 Å². The van der Waals surface area contributed by atoms with Gasteiger partial charge >= 0.3 is 5.97 Å². The third-order valence-electron chi connectivity index (χ3n) is 4.11. The molecule has 1 saturated carbocycles. The normalized spacial score (nSPS) is 27.8. The summed E-state index contributed by atoms with van der Waals surface area (Å²) in [7, 11) is 0. The van der Waals surface area contributed by atoms with Gasteiger partial charge in [-0.1, -0.05) is 12.8 Å². The summed E-state index contributed by atoms with van der Waals surface area (Å²) in [6.45, 7) is 1.00. The Hall–Kier alpha value is -0.610. The van der Waals surface area contributed by atoms with E-state index in [1.807, 2.05) is 0 Å². The lowest BCUT2D eigenvalue weighted by atomic mass is 9.71. The fourth-order valence-electron chi connectivity index (χ4n) is 3.07. The molecule has 2 N–H and O–H groups in total. The Morgan fingerprint density at radius 2 is 1.69 bits per heavy atom. The van der Waals surface area contributed by atoms with Crippen LogP contribution in [0.1, 0.15) is 44.9 Å². The van der Waals surface area contributed by atoms with E-state index < -0.39 is 17.0 Å². The quantitative estimate of drug-likeness (QED) is 0.769. The Bertz CT molecular complexity index is 262. The molecule has 0 amide bonds. The lowest BCUT2D eigenvalue weighted by molar-refractivity contribution is -0.161. The molecule has 4 nitrogen and oxygen atoms in total. The number of aliphatic carboxylic acids is 1. The second kappa shape index (κ2) is 4.34. The van der Waals surface area contributed by atoms with Gasteiger partial charge < -0.3 is 14.9 Å². The molecule has 0 aromatic heterocycles. The van der Waals surface area contributed by atoms with E-state index in [1.165, 1.54) is 0 Å². The highest BCUT2D eigenvalue weighted by Crippen LogP contribution is 2.44. The predicted octanol–water partition coefficient (Wildman–Crippen LogP) is 1.56. The van der Waals surface area contributed by atoms with Crippen LogP contribution in [0.5, 0.6) is 0 Å². The van der Waals surface area contributed by atoms with Crippen LogP contribution in [0.3, 0.4) is 0 Å². The summed E-state index contributed by atoms with van der Waals surface area (Å²) in [6.07, 6.45) is 5.01. The molecule has 4 heteroatoms. The molecule has 0 spiro atoms. The van der Waals surface area contributed by atoms with Gasteiger partial charge in [-0.2, -0.15) is 0 Å². The molecule has 2 fully saturated rings. The second-order valence-electron chi connectivity index (χ2n) is 5.31. The van der Waals surface area contributed by atoms with Crippen LogP contribution >= 0.6 is 0 Å². The Balaban J connectivity index is 2.10. The first-order valence-electron chi connectivity index (χ1n) is 6.10. The molecule has 92 valence electrons. The van der Waals surface area contributed by atoms with Crippen molar-refractivity contribution in [1.82, 2.24) is 0 Å². The number of ether oxygens (including phenoxy) is 1. The maximum Gasteiger partial charge on any atom is 0.309 e. The van der Waals surface area contributed by atoms with Gasteiger partial charge in [0.2, 0.25) is 0 Å². The minimum absolute atomic E-state index is 0.401. The number of aliphatic hydroxyl groups is 1. The van der Waals surface area contributed by atoms with E-state index in [0.717, 1.165) is 25.7 Å². The van der Waals surface area contributed by atoms with E-state index in [9.17, 15) is 15.0 Å². The van der Waals surface area contributed by atoms with E-state index in [0.29, 0.717) is 32.5 Å². The van der Waals surface area contributed by atoms with Crippen LogP contribution in [0.2, 0.25) is 0 Å². The van der Waals surface area contributed by atoms with Crippen molar-refractivity contribution >= 4 is 5.97 Å². The van der Waals surface area contributed by atoms with Crippen molar-refractivity contribution in [1.29, 1.82) is 0 Å². The molecule has 1 heterocycles. The fraction of sp³-hybridized carbons (Fsp3) is 0.917. The Kier molecular flexibility index (Phi) is 3.22. The molecule has 0 atom stereocenters. The lowest BCUT2D eigenvalue weighted by Gasteiger charge is -2.38. The number of carboxylic acid groups (broad SMARTS) is 1. The van der Waals surface area contributed by atoms with Crippen LogP contribution in [-0.4, -0.2) is 35.0 Å². The second-order valence-corrected chi connectivity index (χ2v) is 5.31. The van der Waals surface area contributed by atoms with Gasteiger partial charge in [-0.05, 0) is 32.1 Å². The summed E-state index contributed by atoms with van der Waals surface area (Å²) < 4.78 is 5.23. The van der Waals surface area contributed by atoms with E-state index >= 15 is 0 Å². The summed E-state index contributed by atoms with van der Waals surface area (Å²) in [6, 6.07) is 0. The average molecular weight is 228 g/mol. The smallest absolute Gasteiger partial charge is 0.309 e. The van der Waals surface area contributed by atoms with Crippen molar-refractivity contribution in [2.24, 2.45) is 5.41 Å². The van der Waals surface area contributed by atoms with Crippen molar-refractivity contribution in [3.8, 4) is 0 Å². The van der Waals surface area contributed by atoms with E-state index in [2.05, 4.69) is 0 Å². The Morgan fingerprint density at radius 3 is 2.19 bits per heavy atom. The number of carbonyl (C=O) groups is 1. The highest BCUT2D eigenvalue weighted by molar-refractivity contribution is 5.75. The number of hydrogen-bond acceptors (Lipinski definition) is 3. The molecular formula is C12H20O4. The Labute approximate surface area is 95.6 Å². The van der Waals surface area contributed by atoms with Crippen LogP contribution < -0.4 is 0 Å². The third kappa shape index (κ3) is 2.23. The number of hydrogen-bond donors (Lipinski definition) is 2. The largest absolute Gasteiger partial charge is 0.481 e. The molecule has 0 radical (unpaired) electrons. The molecule has 0 aromatic rings. The van der Waals surface area contributed by atoms with Gasteiger partial charge in [0.15, 0.2) is 0 Å². The average Bonchev–Trinajstić information content (AvgIpc) is 2.66. The van der Waals surface area contributed by atoms with Crippen molar-refractivity contribution in [3.63, 3.8) is 0 Å². The predicted molar refractivity (Wildman–Crippen MR) is 58.2 cm³/mol.